The van der Waals surface area contributed by atoms with E-state index >= 15 is 0 Å². The van der Waals surface area contributed by atoms with Crippen LogP contribution in [0.1, 0.15) is 34.7 Å². The topological polar surface area (TPSA) is 57.7 Å². The summed E-state index contributed by atoms with van der Waals surface area (Å²) < 4.78 is 30.3. The normalized spacial score (nSPS) is 15.5. The number of anilines is 1. The first-order valence-electron chi connectivity index (χ1n) is 11.8. The van der Waals surface area contributed by atoms with Crippen molar-refractivity contribution in [3.8, 4) is 0 Å². The number of benzene rings is 3. The van der Waals surface area contributed by atoms with Crippen LogP contribution in [-0.4, -0.2) is 37.8 Å². The van der Waals surface area contributed by atoms with Crippen molar-refractivity contribution in [1.82, 2.24) is 4.31 Å². The Morgan fingerprint density at radius 1 is 1.03 bits per heavy atom. The van der Waals surface area contributed by atoms with Crippen molar-refractivity contribution in [2.75, 3.05) is 18.0 Å². The maximum absolute atomic E-state index is 14.0. The Kier molecular flexibility index (Phi) is 7.50. The monoisotopic (exact) mass is 554 g/mol. The van der Waals surface area contributed by atoms with Gasteiger partial charge in [-0.25, -0.2) is 8.42 Å². The summed E-state index contributed by atoms with van der Waals surface area (Å²) in [6.07, 6.45) is 1.27. The summed E-state index contributed by atoms with van der Waals surface area (Å²) in [7, 11) is -3.90. The zero-order valence-electron chi connectivity index (χ0n) is 20.6. The Hall–Kier alpha value is -2.48. The van der Waals surface area contributed by atoms with Gasteiger partial charge in [0, 0.05) is 22.7 Å². The van der Waals surface area contributed by atoms with Crippen LogP contribution in [-0.2, 0) is 27.7 Å². The molecule has 7 heteroatoms. The van der Waals surface area contributed by atoms with Gasteiger partial charge in [0.2, 0.25) is 15.9 Å². The lowest BCUT2D eigenvalue weighted by Gasteiger charge is -2.28. The number of nitrogens with zero attached hydrogens (tertiary/aromatic N) is 2. The van der Waals surface area contributed by atoms with Crippen LogP contribution in [0.3, 0.4) is 0 Å². The first-order chi connectivity index (χ1) is 16.6. The van der Waals surface area contributed by atoms with E-state index in [4.69, 9.17) is 0 Å². The van der Waals surface area contributed by atoms with Gasteiger partial charge in [0.05, 0.1) is 11.4 Å². The molecular formula is C28H31BrN2O3S. The van der Waals surface area contributed by atoms with Gasteiger partial charge in [0.1, 0.15) is 0 Å². The minimum Gasteiger partial charge on any atom is -0.308 e. The van der Waals surface area contributed by atoms with E-state index < -0.39 is 10.0 Å². The van der Waals surface area contributed by atoms with Crippen LogP contribution in [0.4, 0.5) is 5.69 Å². The van der Waals surface area contributed by atoms with E-state index in [1.54, 1.807) is 4.90 Å². The minimum atomic E-state index is -3.90. The lowest BCUT2D eigenvalue weighted by atomic mass is 10.1. The third-order valence-electron chi connectivity index (χ3n) is 6.53. The third kappa shape index (κ3) is 5.37. The molecule has 0 spiro atoms. The third-order valence-corrected chi connectivity index (χ3v) is 9.18. The second-order valence-electron chi connectivity index (χ2n) is 9.39. The number of rotatable bonds is 7. The van der Waals surface area contributed by atoms with Crippen molar-refractivity contribution in [3.63, 3.8) is 0 Å². The molecule has 5 nitrogen and oxygen atoms in total. The van der Waals surface area contributed by atoms with Crippen molar-refractivity contribution in [1.29, 1.82) is 0 Å². The molecule has 3 aromatic rings. The van der Waals surface area contributed by atoms with Crippen LogP contribution in [0.15, 0.2) is 70.0 Å². The SMILES string of the molecule is Cc1cc(C)c(S(=O)(=O)N(CCc2ccccc2)CC(=O)N2c3ccc(Br)cc3CC2C)c(C)c1. The molecule has 1 aliphatic heterocycles. The van der Waals surface area contributed by atoms with Gasteiger partial charge in [-0.05, 0) is 81.0 Å². The molecule has 1 aliphatic rings. The summed E-state index contributed by atoms with van der Waals surface area (Å²) in [6, 6.07) is 19.4. The van der Waals surface area contributed by atoms with Crippen LogP contribution in [0.25, 0.3) is 0 Å². The molecule has 0 saturated heterocycles. The number of sulfonamides is 1. The van der Waals surface area contributed by atoms with Gasteiger partial charge in [-0.1, -0.05) is 64.0 Å². The van der Waals surface area contributed by atoms with Gasteiger partial charge in [-0.15, -0.1) is 0 Å². The Morgan fingerprint density at radius 3 is 2.34 bits per heavy atom. The summed E-state index contributed by atoms with van der Waals surface area (Å²) in [5.41, 5.74) is 5.38. The fraction of sp³-hybridized carbons (Fsp3) is 0.321. The molecule has 0 aromatic heterocycles. The van der Waals surface area contributed by atoms with Crippen LogP contribution in [0, 0.1) is 20.8 Å². The van der Waals surface area contributed by atoms with E-state index in [0.29, 0.717) is 22.4 Å². The highest BCUT2D eigenvalue weighted by Crippen LogP contribution is 2.35. The zero-order chi connectivity index (χ0) is 25.3. The van der Waals surface area contributed by atoms with Crippen molar-refractivity contribution in [3.05, 3.63) is 93.0 Å². The van der Waals surface area contributed by atoms with Crippen molar-refractivity contribution in [2.24, 2.45) is 0 Å². The second-order valence-corrected chi connectivity index (χ2v) is 12.2. The van der Waals surface area contributed by atoms with Gasteiger partial charge in [0.25, 0.3) is 0 Å². The Balaban J connectivity index is 1.68. The van der Waals surface area contributed by atoms with Crippen LogP contribution in [0.5, 0.6) is 0 Å². The predicted molar refractivity (Wildman–Crippen MR) is 144 cm³/mol. The molecule has 0 saturated carbocycles. The van der Waals surface area contributed by atoms with E-state index in [2.05, 4.69) is 15.9 Å². The zero-order valence-corrected chi connectivity index (χ0v) is 23.0. The number of fused-ring (bicyclic) bond motifs is 1. The molecule has 0 N–H and O–H groups in total. The van der Waals surface area contributed by atoms with E-state index in [1.165, 1.54) is 4.31 Å². The maximum atomic E-state index is 14.0. The molecule has 1 heterocycles. The highest BCUT2D eigenvalue weighted by Gasteiger charge is 2.35. The van der Waals surface area contributed by atoms with Gasteiger partial charge < -0.3 is 4.90 Å². The summed E-state index contributed by atoms with van der Waals surface area (Å²) in [5, 5.41) is 0. The van der Waals surface area contributed by atoms with Gasteiger partial charge in [0.15, 0.2) is 0 Å². The Morgan fingerprint density at radius 2 is 1.69 bits per heavy atom. The maximum Gasteiger partial charge on any atom is 0.244 e. The second kappa shape index (κ2) is 10.2. The number of carbonyl (C=O) groups is 1. The number of hydrogen-bond donors (Lipinski definition) is 0. The van der Waals surface area contributed by atoms with E-state index in [-0.39, 0.29) is 25.0 Å². The molecular weight excluding hydrogens is 524 g/mol. The predicted octanol–water partition coefficient (Wildman–Crippen LogP) is 5.59. The molecule has 1 atom stereocenters. The van der Waals surface area contributed by atoms with Gasteiger partial charge in [-0.2, -0.15) is 4.31 Å². The largest absolute Gasteiger partial charge is 0.308 e. The molecule has 1 unspecified atom stereocenters. The van der Waals surface area contributed by atoms with Gasteiger partial charge >= 0.3 is 0 Å². The highest BCUT2D eigenvalue weighted by atomic mass is 79.9. The smallest absolute Gasteiger partial charge is 0.244 e. The molecule has 0 radical (unpaired) electrons. The molecule has 0 fully saturated rings. The van der Waals surface area contributed by atoms with E-state index in [0.717, 1.165) is 33.3 Å². The summed E-state index contributed by atoms with van der Waals surface area (Å²) in [6.45, 7) is 7.62. The van der Waals surface area contributed by atoms with Crippen LogP contribution >= 0.6 is 15.9 Å². The van der Waals surface area contributed by atoms with Crippen LogP contribution < -0.4 is 4.90 Å². The first kappa shape index (κ1) is 25.6. The van der Waals surface area contributed by atoms with Crippen LogP contribution in [0.2, 0.25) is 0 Å². The quantitative estimate of drug-likeness (QED) is 0.382. The molecule has 0 bridgehead atoms. The molecule has 4 rings (SSSR count). The minimum absolute atomic E-state index is 0.0340. The summed E-state index contributed by atoms with van der Waals surface area (Å²) in [4.78, 5) is 15.7. The number of aryl methyl sites for hydroxylation is 3. The molecule has 1 amide bonds. The first-order valence-corrected chi connectivity index (χ1v) is 14.0. The number of hydrogen-bond acceptors (Lipinski definition) is 3. The molecule has 0 aliphatic carbocycles. The average molecular weight is 556 g/mol. The van der Waals surface area contributed by atoms with E-state index in [1.807, 2.05) is 88.4 Å². The molecule has 35 heavy (non-hydrogen) atoms. The number of halogens is 1. The molecule has 3 aromatic carbocycles. The fourth-order valence-electron chi connectivity index (χ4n) is 5.09. The number of amides is 1. The summed E-state index contributed by atoms with van der Waals surface area (Å²) >= 11 is 3.50. The van der Waals surface area contributed by atoms with Crippen molar-refractivity contribution >= 4 is 37.5 Å². The Labute approximate surface area is 216 Å². The van der Waals surface area contributed by atoms with E-state index in [9.17, 15) is 13.2 Å². The fourth-order valence-corrected chi connectivity index (χ4v) is 7.30. The summed E-state index contributed by atoms with van der Waals surface area (Å²) in [5.74, 6) is -0.211. The molecule has 184 valence electrons. The number of carbonyl (C=O) groups excluding carboxylic acids is 1. The lowest BCUT2D eigenvalue weighted by molar-refractivity contribution is -0.119. The highest BCUT2D eigenvalue weighted by molar-refractivity contribution is 9.10. The van der Waals surface area contributed by atoms with Gasteiger partial charge in [-0.3, -0.25) is 4.79 Å². The lowest BCUT2D eigenvalue weighted by Crippen LogP contribution is -2.46. The standard InChI is InChI=1S/C28H31BrN2O3S/c1-19-14-20(2)28(21(3)15-19)35(33,34)30(13-12-23-8-6-5-7-9-23)18-27(32)31-22(4)16-24-17-25(29)10-11-26(24)31/h5-11,14-15,17,22H,12-13,16,18H2,1-4H3. The van der Waals surface area contributed by atoms with Crippen molar-refractivity contribution < 1.29 is 13.2 Å². The Bertz CT molecular complexity index is 1330. The van der Waals surface area contributed by atoms with Crippen molar-refractivity contribution in [2.45, 2.75) is 51.5 Å². The average Bonchev–Trinajstić information content (AvgIpc) is 3.10.